The lowest BCUT2D eigenvalue weighted by Crippen LogP contribution is -2.13. The number of nitrogens with one attached hydrogen (secondary N) is 2. The topological polar surface area (TPSA) is 40.7 Å². The molecule has 0 aliphatic rings. The summed E-state index contributed by atoms with van der Waals surface area (Å²) in [4.78, 5) is 7.32. The van der Waals surface area contributed by atoms with E-state index < -0.39 is 0 Å². The van der Waals surface area contributed by atoms with E-state index in [0.29, 0.717) is 0 Å². The van der Waals surface area contributed by atoms with Gasteiger partial charge in [0.2, 0.25) is 0 Å². The number of aryl methyl sites for hydroxylation is 2. The van der Waals surface area contributed by atoms with Crippen LogP contribution in [0.3, 0.4) is 0 Å². The van der Waals surface area contributed by atoms with Crippen LogP contribution < -0.4 is 5.32 Å². The average Bonchev–Trinajstić information content (AvgIpc) is 2.68. The van der Waals surface area contributed by atoms with Crippen molar-refractivity contribution in [3.05, 3.63) is 53.1 Å². The van der Waals surface area contributed by atoms with Gasteiger partial charge in [-0.15, -0.1) is 0 Å². The third kappa shape index (κ3) is 2.70. The third-order valence-electron chi connectivity index (χ3n) is 2.68. The molecule has 0 saturated carbocycles. The summed E-state index contributed by atoms with van der Waals surface area (Å²) in [5.41, 5.74) is 4.83. The van der Waals surface area contributed by atoms with Gasteiger partial charge in [-0.2, -0.15) is 0 Å². The zero-order valence-corrected chi connectivity index (χ0v) is 9.75. The van der Waals surface area contributed by atoms with Gasteiger partial charge in [-0.25, -0.2) is 4.98 Å². The summed E-state index contributed by atoms with van der Waals surface area (Å²) in [7, 11) is 0. The SMILES string of the molecule is Cc1ccc(CNCc2nc[nH]c2C)cc1. The Bertz CT molecular complexity index is 442. The van der Waals surface area contributed by atoms with E-state index in [4.69, 9.17) is 0 Å². The first-order valence-electron chi connectivity index (χ1n) is 5.51. The quantitative estimate of drug-likeness (QED) is 0.821. The molecule has 2 N–H and O–H groups in total. The Morgan fingerprint density at radius 2 is 1.88 bits per heavy atom. The lowest BCUT2D eigenvalue weighted by Gasteiger charge is -2.04. The predicted molar refractivity (Wildman–Crippen MR) is 65.0 cm³/mol. The maximum Gasteiger partial charge on any atom is 0.0925 e. The van der Waals surface area contributed by atoms with Crippen molar-refractivity contribution in [1.29, 1.82) is 0 Å². The fraction of sp³-hybridized carbons (Fsp3) is 0.308. The number of hydrogen-bond donors (Lipinski definition) is 2. The molecular weight excluding hydrogens is 198 g/mol. The Kier molecular flexibility index (Phi) is 3.37. The van der Waals surface area contributed by atoms with Crippen LogP contribution in [0.4, 0.5) is 0 Å². The molecule has 16 heavy (non-hydrogen) atoms. The van der Waals surface area contributed by atoms with Crippen LogP contribution in [0, 0.1) is 13.8 Å². The lowest BCUT2D eigenvalue weighted by atomic mass is 10.1. The van der Waals surface area contributed by atoms with Gasteiger partial charge >= 0.3 is 0 Å². The molecule has 3 nitrogen and oxygen atoms in total. The largest absolute Gasteiger partial charge is 0.348 e. The van der Waals surface area contributed by atoms with E-state index in [1.165, 1.54) is 11.1 Å². The van der Waals surface area contributed by atoms with E-state index in [-0.39, 0.29) is 0 Å². The van der Waals surface area contributed by atoms with Gasteiger partial charge in [0.1, 0.15) is 0 Å². The average molecular weight is 215 g/mol. The van der Waals surface area contributed by atoms with Crippen LogP contribution in [0.15, 0.2) is 30.6 Å². The molecule has 1 aromatic carbocycles. The second-order valence-corrected chi connectivity index (χ2v) is 4.06. The summed E-state index contributed by atoms with van der Waals surface area (Å²) in [6, 6.07) is 8.58. The number of hydrogen-bond acceptors (Lipinski definition) is 2. The summed E-state index contributed by atoms with van der Waals surface area (Å²) < 4.78 is 0. The molecule has 0 fully saturated rings. The van der Waals surface area contributed by atoms with Crippen LogP contribution in [-0.2, 0) is 13.1 Å². The maximum atomic E-state index is 4.24. The molecule has 0 aliphatic heterocycles. The van der Waals surface area contributed by atoms with Crippen LogP contribution in [0.5, 0.6) is 0 Å². The number of aromatic nitrogens is 2. The van der Waals surface area contributed by atoms with Crippen LogP contribution >= 0.6 is 0 Å². The maximum absolute atomic E-state index is 4.24. The van der Waals surface area contributed by atoms with E-state index in [1.54, 1.807) is 6.33 Å². The zero-order chi connectivity index (χ0) is 11.4. The van der Waals surface area contributed by atoms with Crippen molar-refractivity contribution in [1.82, 2.24) is 15.3 Å². The standard InChI is InChI=1S/C13H17N3/c1-10-3-5-12(6-4-10)7-14-8-13-11(2)15-9-16-13/h3-6,9,14H,7-8H2,1-2H3,(H,15,16). The highest BCUT2D eigenvalue weighted by molar-refractivity contribution is 5.21. The van der Waals surface area contributed by atoms with E-state index >= 15 is 0 Å². The molecule has 0 bridgehead atoms. The zero-order valence-electron chi connectivity index (χ0n) is 9.75. The molecule has 2 aromatic rings. The monoisotopic (exact) mass is 215 g/mol. The van der Waals surface area contributed by atoms with Crippen molar-refractivity contribution in [2.24, 2.45) is 0 Å². The fourth-order valence-electron chi connectivity index (χ4n) is 1.60. The fourth-order valence-corrected chi connectivity index (χ4v) is 1.60. The Morgan fingerprint density at radius 3 is 2.50 bits per heavy atom. The van der Waals surface area contributed by atoms with E-state index in [2.05, 4.69) is 46.5 Å². The number of imidazole rings is 1. The molecule has 0 aliphatic carbocycles. The number of benzene rings is 1. The van der Waals surface area contributed by atoms with Crippen molar-refractivity contribution < 1.29 is 0 Å². The van der Waals surface area contributed by atoms with Gasteiger partial charge in [0.15, 0.2) is 0 Å². The van der Waals surface area contributed by atoms with Crippen molar-refractivity contribution in [2.75, 3.05) is 0 Å². The van der Waals surface area contributed by atoms with Gasteiger partial charge in [0.05, 0.1) is 12.0 Å². The summed E-state index contributed by atoms with van der Waals surface area (Å²) in [5, 5.41) is 3.38. The Labute approximate surface area is 95.9 Å². The van der Waals surface area contributed by atoms with Gasteiger partial charge in [-0.1, -0.05) is 29.8 Å². The van der Waals surface area contributed by atoms with Crippen molar-refractivity contribution >= 4 is 0 Å². The highest BCUT2D eigenvalue weighted by atomic mass is 14.9. The minimum Gasteiger partial charge on any atom is -0.348 e. The summed E-state index contributed by atoms with van der Waals surface area (Å²) in [5.74, 6) is 0. The number of aromatic amines is 1. The van der Waals surface area contributed by atoms with Crippen molar-refractivity contribution in [3.63, 3.8) is 0 Å². The third-order valence-corrected chi connectivity index (χ3v) is 2.68. The lowest BCUT2D eigenvalue weighted by molar-refractivity contribution is 0.679. The molecule has 1 heterocycles. The normalized spacial score (nSPS) is 10.6. The Hall–Kier alpha value is -1.61. The molecule has 3 heteroatoms. The van der Waals surface area contributed by atoms with Crippen LogP contribution in [0.2, 0.25) is 0 Å². The Morgan fingerprint density at radius 1 is 1.12 bits per heavy atom. The number of rotatable bonds is 4. The molecule has 0 spiro atoms. The van der Waals surface area contributed by atoms with Crippen LogP contribution in [-0.4, -0.2) is 9.97 Å². The summed E-state index contributed by atoms with van der Waals surface area (Å²) in [6.07, 6.45) is 1.73. The molecule has 0 atom stereocenters. The van der Waals surface area contributed by atoms with Gasteiger partial charge in [-0.3, -0.25) is 0 Å². The van der Waals surface area contributed by atoms with Gasteiger partial charge < -0.3 is 10.3 Å². The second-order valence-electron chi connectivity index (χ2n) is 4.06. The minimum atomic E-state index is 0.809. The summed E-state index contributed by atoms with van der Waals surface area (Å²) in [6.45, 7) is 5.83. The first-order chi connectivity index (χ1) is 7.75. The van der Waals surface area contributed by atoms with Crippen molar-refractivity contribution in [3.8, 4) is 0 Å². The molecule has 1 aromatic heterocycles. The van der Waals surface area contributed by atoms with Gasteiger partial charge in [0.25, 0.3) is 0 Å². The highest BCUT2D eigenvalue weighted by Gasteiger charge is 1.99. The molecule has 0 radical (unpaired) electrons. The van der Waals surface area contributed by atoms with Crippen LogP contribution in [0.25, 0.3) is 0 Å². The van der Waals surface area contributed by atoms with Crippen molar-refractivity contribution in [2.45, 2.75) is 26.9 Å². The smallest absolute Gasteiger partial charge is 0.0925 e. The molecule has 2 rings (SSSR count). The van der Waals surface area contributed by atoms with E-state index in [1.807, 2.05) is 6.92 Å². The first kappa shape index (κ1) is 10.9. The molecule has 0 unspecified atom stereocenters. The van der Waals surface area contributed by atoms with Crippen LogP contribution in [0.1, 0.15) is 22.5 Å². The number of H-pyrrole nitrogens is 1. The highest BCUT2D eigenvalue weighted by Crippen LogP contribution is 2.04. The van der Waals surface area contributed by atoms with E-state index in [0.717, 1.165) is 24.5 Å². The van der Waals surface area contributed by atoms with E-state index in [9.17, 15) is 0 Å². The summed E-state index contributed by atoms with van der Waals surface area (Å²) >= 11 is 0. The molecule has 0 amide bonds. The number of nitrogens with zero attached hydrogens (tertiary/aromatic N) is 1. The predicted octanol–water partition coefficient (Wildman–Crippen LogP) is 2.32. The molecule has 0 saturated heterocycles. The molecular formula is C13H17N3. The Balaban J connectivity index is 1.84. The molecule has 84 valence electrons. The van der Waals surface area contributed by atoms with Gasteiger partial charge in [-0.05, 0) is 19.4 Å². The second kappa shape index (κ2) is 4.94. The van der Waals surface area contributed by atoms with Gasteiger partial charge in [0, 0.05) is 18.8 Å². The first-order valence-corrected chi connectivity index (χ1v) is 5.51. The minimum absolute atomic E-state index is 0.809.